The Hall–Kier alpha value is -2.52. The number of halogens is 1. The highest BCUT2D eigenvalue weighted by Crippen LogP contribution is 2.18. The van der Waals surface area contributed by atoms with Gasteiger partial charge in [0.15, 0.2) is 0 Å². The Morgan fingerprint density at radius 3 is 2.58 bits per heavy atom. The van der Waals surface area contributed by atoms with Gasteiger partial charge < -0.3 is 10.2 Å². The number of aromatic nitrogens is 1. The number of hydrogen-bond donors (Lipinski definition) is 1. The van der Waals surface area contributed by atoms with E-state index in [0.29, 0.717) is 6.54 Å². The number of hydrogen-bond acceptors (Lipinski definition) is 4. The van der Waals surface area contributed by atoms with Gasteiger partial charge in [0.05, 0.1) is 4.90 Å². The largest absolute Gasteiger partial charge is 0.334 e. The third kappa shape index (κ3) is 4.17. The van der Waals surface area contributed by atoms with E-state index in [4.69, 9.17) is 0 Å². The molecule has 2 aromatic rings. The van der Waals surface area contributed by atoms with Gasteiger partial charge in [-0.15, -0.1) is 0 Å². The maximum Gasteiger partial charge on any atom is 0.317 e. The van der Waals surface area contributed by atoms with Gasteiger partial charge in [-0.25, -0.2) is 17.6 Å². The topological polar surface area (TPSA) is 82.6 Å². The molecule has 1 N–H and O–H groups in total. The van der Waals surface area contributed by atoms with Crippen molar-refractivity contribution in [3.8, 4) is 0 Å². The molecule has 1 aliphatic heterocycles. The molecular weight excluding hydrogens is 359 g/mol. The predicted octanol–water partition coefficient (Wildman–Crippen LogP) is 1.44. The molecule has 138 valence electrons. The second kappa shape index (κ2) is 7.79. The molecule has 7 nitrogen and oxygen atoms in total. The average Bonchev–Trinajstić information content (AvgIpc) is 2.67. The Morgan fingerprint density at radius 2 is 1.92 bits per heavy atom. The molecule has 1 aliphatic rings. The second-order valence-electron chi connectivity index (χ2n) is 5.87. The molecule has 1 fully saturated rings. The number of amides is 2. The molecule has 0 unspecified atom stereocenters. The molecule has 9 heteroatoms. The summed E-state index contributed by atoms with van der Waals surface area (Å²) in [4.78, 5) is 17.7. The summed E-state index contributed by atoms with van der Waals surface area (Å²) in [7, 11) is -3.76. The van der Waals surface area contributed by atoms with Crippen molar-refractivity contribution in [3.63, 3.8) is 0 Å². The quantitative estimate of drug-likeness (QED) is 0.873. The zero-order valence-electron chi connectivity index (χ0n) is 14.0. The Kier molecular flexibility index (Phi) is 5.48. The number of carbonyl (C=O) groups is 1. The van der Waals surface area contributed by atoms with Crippen molar-refractivity contribution in [3.05, 3.63) is 60.2 Å². The Labute approximate surface area is 151 Å². The normalized spacial score (nSPS) is 15.7. The van der Waals surface area contributed by atoms with Gasteiger partial charge in [-0.2, -0.15) is 4.31 Å². The smallest absolute Gasteiger partial charge is 0.317 e. The van der Waals surface area contributed by atoms with Gasteiger partial charge in [0.1, 0.15) is 5.82 Å². The molecule has 0 radical (unpaired) electrons. The Morgan fingerprint density at radius 1 is 1.15 bits per heavy atom. The monoisotopic (exact) mass is 378 g/mol. The van der Waals surface area contributed by atoms with E-state index in [-0.39, 0.29) is 37.1 Å². The number of rotatable bonds is 4. The maximum absolute atomic E-state index is 13.3. The second-order valence-corrected chi connectivity index (χ2v) is 7.81. The lowest BCUT2D eigenvalue weighted by Crippen LogP contribution is -2.52. The van der Waals surface area contributed by atoms with Crippen molar-refractivity contribution < 1.29 is 17.6 Å². The van der Waals surface area contributed by atoms with Crippen LogP contribution < -0.4 is 5.32 Å². The van der Waals surface area contributed by atoms with Gasteiger partial charge in [-0.3, -0.25) is 4.98 Å². The van der Waals surface area contributed by atoms with E-state index < -0.39 is 15.8 Å². The zero-order valence-corrected chi connectivity index (χ0v) is 14.8. The molecule has 1 saturated heterocycles. The Balaban J connectivity index is 1.56. The SMILES string of the molecule is O=C(NCc1cccnc1)N1CCN(S(=O)(=O)c2cccc(F)c2)CC1. The molecule has 2 amide bonds. The van der Waals surface area contributed by atoms with Crippen LogP contribution in [-0.2, 0) is 16.6 Å². The standard InChI is InChI=1S/C17H19FN4O3S/c18-15-4-1-5-16(11-15)26(24,25)22-9-7-21(8-10-22)17(23)20-13-14-3-2-6-19-12-14/h1-6,11-12H,7-10,13H2,(H,20,23). The number of urea groups is 1. The summed E-state index contributed by atoms with van der Waals surface area (Å²) in [6.07, 6.45) is 3.33. The summed E-state index contributed by atoms with van der Waals surface area (Å²) in [5.41, 5.74) is 0.883. The van der Waals surface area contributed by atoms with E-state index in [1.54, 1.807) is 23.4 Å². The van der Waals surface area contributed by atoms with Crippen molar-refractivity contribution >= 4 is 16.1 Å². The van der Waals surface area contributed by atoms with Crippen LogP contribution in [0, 0.1) is 5.82 Å². The van der Waals surface area contributed by atoms with E-state index in [1.165, 1.54) is 22.5 Å². The minimum atomic E-state index is -3.76. The first-order valence-electron chi connectivity index (χ1n) is 8.14. The molecule has 1 aromatic heterocycles. The van der Waals surface area contributed by atoms with E-state index in [9.17, 15) is 17.6 Å². The minimum Gasteiger partial charge on any atom is -0.334 e. The number of pyridine rings is 1. The van der Waals surface area contributed by atoms with Crippen LogP contribution in [0.5, 0.6) is 0 Å². The molecule has 2 heterocycles. The van der Waals surface area contributed by atoms with Gasteiger partial charge in [-0.05, 0) is 29.8 Å². The highest BCUT2D eigenvalue weighted by Gasteiger charge is 2.30. The minimum absolute atomic E-state index is 0.0769. The molecule has 26 heavy (non-hydrogen) atoms. The number of nitrogens with one attached hydrogen (secondary N) is 1. The van der Waals surface area contributed by atoms with E-state index in [1.807, 2.05) is 6.07 Å². The van der Waals surface area contributed by atoms with Crippen molar-refractivity contribution in [1.29, 1.82) is 0 Å². The van der Waals surface area contributed by atoms with Gasteiger partial charge in [0.25, 0.3) is 0 Å². The van der Waals surface area contributed by atoms with Crippen LogP contribution in [0.2, 0.25) is 0 Å². The number of piperazine rings is 1. The highest BCUT2D eigenvalue weighted by molar-refractivity contribution is 7.89. The number of benzene rings is 1. The van der Waals surface area contributed by atoms with Crippen LogP contribution in [0.25, 0.3) is 0 Å². The van der Waals surface area contributed by atoms with Crippen LogP contribution in [0.15, 0.2) is 53.7 Å². The molecule has 0 saturated carbocycles. The third-order valence-electron chi connectivity index (χ3n) is 4.13. The van der Waals surface area contributed by atoms with E-state index >= 15 is 0 Å². The maximum atomic E-state index is 13.3. The van der Waals surface area contributed by atoms with Crippen LogP contribution in [0.4, 0.5) is 9.18 Å². The fourth-order valence-electron chi connectivity index (χ4n) is 2.70. The molecule has 0 bridgehead atoms. The number of sulfonamides is 1. The summed E-state index contributed by atoms with van der Waals surface area (Å²) in [5.74, 6) is -0.598. The van der Waals surface area contributed by atoms with Crippen molar-refractivity contribution in [2.75, 3.05) is 26.2 Å². The van der Waals surface area contributed by atoms with Gasteiger partial charge in [0, 0.05) is 45.1 Å². The lowest BCUT2D eigenvalue weighted by molar-refractivity contribution is 0.172. The highest BCUT2D eigenvalue weighted by atomic mass is 32.2. The number of nitrogens with zero attached hydrogens (tertiary/aromatic N) is 3. The fraction of sp³-hybridized carbons (Fsp3) is 0.294. The molecule has 1 aromatic carbocycles. The van der Waals surface area contributed by atoms with Crippen molar-refractivity contribution in [2.24, 2.45) is 0 Å². The summed E-state index contributed by atoms with van der Waals surface area (Å²) in [6.45, 7) is 1.23. The first-order valence-corrected chi connectivity index (χ1v) is 9.58. The van der Waals surface area contributed by atoms with Crippen molar-refractivity contribution in [2.45, 2.75) is 11.4 Å². The first kappa shape index (κ1) is 18.3. The lowest BCUT2D eigenvalue weighted by Gasteiger charge is -2.34. The zero-order chi connectivity index (χ0) is 18.6. The first-order chi connectivity index (χ1) is 12.5. The van der Waals surface area contributed by atoms with E-state index in [0.717, 1.165) is 11.6 Å². The third-order valence-corrected chi connectivity index (χ3v) is 6.02. The van der Waals surface area contributed by atoms with Gasteiger partial charge in [-0.1, -0.05) is 12.1 Å². The van der Waals surface area contributed by atoms with E-state index in [2.05, 4.69) is 10.3 Å². The van der Waals surface area contributed by atoms with Crippen LogP contribution in [0.1, 0.15) is 5.56 Å². The summed E-state index contributed by atoms with van der Waals surface area (Å²) >= 11 is 0. The summed E-state index contributed by atoms with van der Waals surface area (Å²) in [5, 5.41) is 2.79. The molecule has 0 atom stereocenters. The predicted molar refractivity (Wildman–Crippen MR) is 93.2 cm³/mol. The molecule has 0 aliphatic carbocycles. The molecule has 3 rings (SSSR count). The summed E-state index contributed by atoms with van der Waals surface area (Å²) < 4.78 is 39.7. The summed E-state index contributed by atoms with van der Waals surface area (Å²) in [6, 6.07) is 8.33. The molecular formula is C17H19FN4O3S. The fourth-order valence-corrected chi connectivity index (χ4v) is 4.15. The lowest BCUT2D eigenvalue weighted by atomic mass is 10.3. The average molecular weight is 378 g/mol. The van der Waals surface area contributed by atoms with Crippen LogP contribution >= 0.6 is 0 Å². The van der Waals surface area contributed by atoms with Crippen molar-refractivity contribution in [1.82, 2.24) is 19.5 Å². The Bertz CT molecular complexity index is 869. The van der Waals surface area contributed by atoms with Gasteiger partial charge >= 0.3 is 6.03 Å². The van der Waals surface area contributed by atoms with Crippen LogP contribution in [-0.4, -0.2) is 54.8 Å². The molecule has 0 spiro atoms. The number of carbonyl (C=O) groups excluding carboxylic acids is 1. The van der Waals surface area contributed by atoms with Crippen LogP contribution in [0.3, 0.4) is 0 Å². The van der Waals surface area contributed by atoms with Gasteiger partial charge in [0.2, 0.25) is 10.0 Å².